The van der Waals surface area contributed by atoms with E-state index < -0.39 is 10.0 Å². The van der Waals surface area contributed by atoms with Crippen LogP contribution < -0.4 is 9.46 Å². The topological polar surface area (TPSA) is 55.4 Å². The van der Waals surface area contributed by atoms with E-state index in [0.717, 1.165) is 18.4 Å². The Morgan fingerprint density at radius 1 is 1.08 bits per heavy atom. The number of rotatable bonds is 7. The average molecular weight is 347 g/mol. The second-order valence-electron chi connectivity index (χ2n) is 6.13. The standard InChI is InChI=1S/C19H25NO3S/c1-14-13-19(15(2)12-18(14)23-4)24(21,22)20-16(3)10-11-17-8-6-5-7-9-17/h5-9,12-13,16,20H,10-11H2,1-4H3/t16-/m1/s1. The lowest BCUT2D eigenvalue weighted by Crippen LogP contribution is -2.33. The highest BCUT2D eigenvalue weighted by Crippen LogP contribution is 2.25. The smallest absolute Gasteiger partial charge is 0.241 e. The van der Waals surface area contributed by atoms with Crippen LogP contribution in [0.3, 0.4) is 0 Å². The quantitative estimate of drug-likeness (QED) is 0.832. The van der Waals surface area contributed by atoms with Gasteiger partial charge in [-0.3, -0.25) is 0 Å². The van der Waals surface area contributed by atoms with Crippen molar-refractivity contribution in [2.24, 2.45) is 0 Å². The molecule has 1 atom stereocenters. The van der Waals surface area contributed by atoms with Gasteiger partial charge in [-0.25, -0.2) is 13.1 Å². The van der Waals surface area contributed by atoms with E-state index in [-0.39, 0.29) is 6.04 Å². The molecule has 24 heavy (non-hydrogen) atoms. The minimum Gasteiger partial charge on any atom is -0.496 e. The van der Waals surface area contributed by atoms with E-state index >= 15 is 0 Å². The number of benzene rings is 2. The van der Waals surface area contributed by atoms with Gasteiger partial charge in [0, 0.05) is 6.04 Å². The number of hydrogen-bond acceptors (Lipinski definition) is 3. The fourth-order valence-corrected chi connectivity index (χ4v) is 4.28. The van der Waals surface area contributed by atoms with Gasteiger partial charge in [-0.05, 0) is 62.4 Å². The molecule has 0 spiro atoms. The first-order valence-corrected chi connectivity index (χ1v) is 9.53. The summed E-state index contributed by atoms with van der Waals surface area (Å²) in [7, 11) is -1.96. The summed E-state index contributed by atoms with van der Waals surface area (Å²) in [5.74, 6) is 0.698. The van der Waals surface area contributed by atoms with Crippen molar-refractivity contribution >= 4 is 10.0 Å². The van der Waals surface area contributed by atoms with Crippen LogP contribution in [0.5, 0.6) is 5.75 Å². The van der Waals surface area contributed by atoms with Gasteiger partial charge in [0.15, 0.2) is 0 Å². The summed E-state index contributed by atoms with van der Waals surface area (Å²) in [5.41, 5.74) is 2.70. The molecule has 0 aliphatic rings. The summed E-state index contributed by atoms with van der Waals surface area (Å²) in [6, 6.07) is 13.4. The van der Waals surface area contributed by atoms with Gasteiger partial charge in [0.25, 0.3) is 0 Å². The summed E-state index contributed by atoms with van der Waals surface area (Å²) >= 11 is 0. The Hall–Kier alpha value is -1.85. The maximum absolute atomic E-state index is 12.7. The van der Waals surface area contributed by atoms with Crippen LogP contribution in [0, 0.1) is 13.8 Å². The zero-order chi connectivity index (χ0) is 17.7. The van der Waals surface area contributed by atoms with Crippen LogP contribution in [-0.4, -0.2) is 21.6 Å². The number of methoxy groups -OCH3 is 1. The van der Waals surface area contributed by atoms with E-state index in [2.05, 4.69) is 16.9 Å². The lowest BCUT2D eigenvalue weighted by Gasteiger charge is -2.17. The number of hydrogen-bond donors (Lipinski definition) is 1. The van der Waals surface area contributed by atoms with Crippen molar-refractivity contribution in [2.45, 2.75) is 44.6 Å². The zero-order valence-electron chi connectivity index (χ0n) is 14.7. The third-order valence-corrected chi connectivity index (χ3v) is 5.78. The Bertz CT molecular complexity index is 786. The van der Waals surface area contributed by atoms with Crippen LogP contribution >= 0.6 is 0 Å². The van der Waals surface area contributed by atoms with Gasteiger partial charge in [0.05, 0.1) is 12.0 Å². The van der Waals surface area contributed by atoms with Gasteiger partial charge in [-0.15, -0.1) is 0 Å². The van der Waals surface area contributed by atoms with Crippen LogP contribution in [0.15, 0.2) is 47.4 Å². The fourth-order valence-electron chi connectivity index (χ4n) is 2.69. The van der Waals surface area contributed by atoms with Crippen LogP contribution in [0.2, 0.25) is 0 Å². The molecule has 2 aromatic rings. The first kappa shape index (κ1) is 18.5. The molecule has 0 aromatic heterocycles. The van der Waals surface area contributed by atoms with Gasteiger partial charge in [-0.1, -0.05) is 30.3 Å². The number of ether oxygens (including phenoxy) is 1. The van der Waals surface area contributed by atoms with Crippen LogP contribution in [0.4, 0.5) is 0 Å². The van der Waals surface area contributed by atoms with Gasteiger partial charge < -0.3 is 4.74 Å². The van der Waals surface area contributed by atoms with Crippen LogP contribution in [0.1, 0.15) is 30.0 Å². The molecule has 0 heterocycles. The molecule has 1 N–H and O–H groups in total. The molecule has 0 saturated carbocycles. The van der Waals surface area contributed by atoms with Crippen molar-refractivity contribution in [1.29, 1.82) is 0 Å². The molecule has 0 unspecified atom stereocenters. The van der Waals surface area contributed by atoms with Gasteiger partial charge in [-0.2, -0.15) is 0 Å². The number of nitrogens with one attached hydrogen (secondary N) is 1. The predicted molar refractivity (Wildman–Crippen MR) is 97.0 cm³/mol. The second kappa shape index (κ2) is 7.81. The molecule has 0 saturated heterocycles. The van der Waals surface area contributed by atoms with E-state index in [1.54, 1.807) is 26.2 Å². The highest BCUT2D eigenvalue weighted by Gasteiger charge is 2.21. The van der Waals surface area contributed by atoms with Gasteiger partial charge in [0.2, 0.25) is 10.0 Å². The Balaban J connectivity index is 2.09. The summed E-state index contributed by atoms with van der Waals surface area (Å²) in [4.78, 5) is 0.312. The summed E-state index contributed by atoms with van der Waals surface area (Å²) < 4.78 is 33.4. The van der Waals surface area contributed by atoms with Crippen LogP contribution in [-0.2, 0) is 16.4 Å². The van der Waals surface area contributed by atoms with E-state index in [1.165, 1.54) is 5.56 Å². The summed E-state index contributed by atoms with van der Waals surface area (Å²) in [6.07, 6.45) is 1.59. The average Bonchev–Trinajstić information content (AvgIpc) is 2.55. The molecule has 130 valence electrons. The highest BCUT2D eigenvalue weighted by molar-refractivity contribution is 7.89. The molecule has 2 aromatic carbocycles. The SMILES string of the molecule is COc1cc(C)c(S(=O)(=O)N[C@H](C)CCc2ccccc2)cc1C. The van der Waals surface area contributed by atoms with Crippen molar-refractivity contribution in [2.75, 3.05) is 7.11 Å². The molecule has 0 aliphatic carbocycles. The molecule has 0 bridgehead atoms. The van der Waals surface area contributed by atoms with E-state index in [4.69, 9.17) is 4.74 Å². The number of aryl methyl sites for hydroxylation is 3. The minimum absolute atomic E-state index is 0.142. The van der Waals surface area contributed by atoms with Crippen LogP contribution in [0.25, 0.3) is 0 Å². The molecule has 5 heteroatoms. The van der Waals surface area contributed by atoms with Crippen molar-refractivity contribution in [1.82, 2.24) is 4.72 Å². The third kappa shape index (κ3) is 4.58. The Morgan fingerprint density at radius 2 is 1.75 bits per heavy atom. The molecule has 0 amide bonds. The van der Waals surface area contributed by atoms with E-state index in [1.807, 2.05) is 32.0 Å². The van der Waals surface area contributed by atoms with Crippen molar-refractivity contribution < 1.29 is 13.2 Å². The molecular formula is C19H25NO3S. The van der Waals surface area contributed by atoms with Crippen molar-refractivity contribution in [3.63, 3.8) is 0 Å². The monoisotopic (exact) mass is 347 g/mol. The highest BCUT2D eigenvalue weighted by atomic mass is 32.2. The Labute approximate surface area is 144 Å². The molecule has 0 aliphatic heterocycles. The first-order valence-electron chi connectivity index (χ1n) is 8.05. The van der Waals surface area contributed by atoms with Crippen molar-refractivity contribution in [3.8, 4) is 5.75 Å². The molecule has 2 rings (SSSR count). The first-order chi connectivity index (χ1) is 11.3. The molecule has 4 nitrogen and oxygen atoms in total. The zero-order valence-corrected chi connectivity index (χ0v) is 15.5. The predicted octanol–water partition coefficient (Wildman–Crippen LogP) is 3.61. The van der Waals surface area contributed by atoms with Crippen molar-refractivity contribution in [3.05, 3.63) is 59.2 Å². The van der Waals surface area contributed by atoms with E-state index in [9.17, 15) is 8.42 Å². The van der Waals surface area contributed by atoms with Gasteiger partial charge in [0.1, 0.15) is 5.75 Å². The van der Waals surface area contributed by atoms with Gasteiger partial charge >= 0.3 is 0 Å². The maximum Gasteiger partial charge on any atom is 0.241 e. The maximum atomic E-state index is 12.7. The molecule has 0 radical (unpaired) electrons. The normalized spacial score (nSPS) is 12.8. The summed E-state index contributed by atoms with van der Waals surface area (Å²) in [5, 5.41) is 0. The molecular weight excluding hydrogens is 322 g/mol. The lowest BCUT2D eigenvalue weighted by atomic mass is 10.1. The largest absolute Gasteiger partial charge is 0.496 e. The third-order valence-electron chi connectivity index (χ3n) is 4.05. The van der Waals surface area contributed by atoms with E-state index in [0.29, 0.717) is 16.2 Å². The molecule has 0 fully saturated rings. The summed E-state index contributed by atoms with van der Waals surface area (Å²) in [6.45, 7) is 5.52. The minimum atomic E-state index is -3.55. The Kier molecular flexibility index (Phi) is 6.02. The fraction of sp³-hybridized carbons (Fsp3) is 0.368. The lowest BCUT2D eigenvalue weighted by molar-refractivity contribution is 0.411. The Morgan fingerprint density at radius 3 is 2.38 bits per heavy atom. The number of sulfonamides is 1. The second-order valence-corrected chi connectivity index (χ2v) is 7.82.